The molecule has 0 spiro atoms. The second kappa shape index (κ2) is 36.7. The number of ether oxygens (including phenoxy) is 4. The van der Waals surface area contributed by atoms with Crippen molar-refractivity contribution in [2.45, 2.75) is 93.7 Å². The van der Waals surface area contributed by atoms with Crippen molar-refractivity contribution >= 4 is 95.5 Å². The first-order chi connectivity index (χ1) is 63.3. The summed E-state index contributed by atoms with van der Waals surface area (Å²) in [5, 5.41) is 42.4. The molecule has 20 aromatic rings. The number of carboxylic acids is 4. The van der Waals surface area contributed by atoms with Gasteiger partial charge >= 0.3 is 23.9 Å². The number of fused-ring (bicyclic) bond motifs is 8. The molecule has 0 saturated carbocycles. The molecule has 650 valence electrons. The minimum Gasteiger partial charge on any atom is -0.485 e. The average molecular weight is 1740 g/mol. The van der Waals surface area contributed by atoms with Gasteiger partial charge in [0.2, 0.25) is 0 Å². The maximum absolute atomic E-state index is 12.4. The van der Waals surface area contributed by atoms with Gasteiger partial charge in [0.1, 0.15) is 87.1 Å². The number of hydrogen-bond donors (Lipinski definition) is 4. The number of carbonyl (C=O) groups is 4. The van der Waals surface area contributed by atoms with Crippen LogP contribution in [0.25, 0.3) is 117 Å². The van der Waals surface area contributed by atoms with Crippen LogP contribution in [0.1, 0.15) is 149 Å². The van der Waals surface area contributed by atoms with Crippen LogP contribution in [0, 0.1) is 41.5 Å². The fourth-order valence-electron chi connectivity index (χ4n) is 16.4. The standard InChI is InChI=1S/3C27H23N3O3.C26H21N3O3/c2*1-16-12-13-22(33-18(3)19-9-5-4-6-10-19)24-20(27(31)32)15-21(28-25(16)24)26-17(2)30-14-8-7-11-23(30)29-26;1-16-13-14-23(33-17(2)18-9-5-4-6-10-18)24-19(27(31)32)15-21(28-25(16)24)26-29-20-11-7-8-12-22(20)30(26)3;1-16-11-12-22(32-17(2)18-8-4-3-5-9-18)24-19(26(30)31)14-20(28-25(16)24)21-15-29-13-7-6-10-23(29)27-21/h2*4-15,18H,1-3H3,(H,31,32);4-15,17H,1-3H3,(H,31,32);3-15,17H,1-2H3,(H,30,31)/t2*18-;2*17-/m1001/s1. The van der Waals surface area contributed by atoms with Crippen molar-refractivity contribution in [1.29, 1.82) is 0 Å². The van der Waals surface area contributed by atoms with Gasteiger partial charge in [-0.3, -0.25) is 0 Å². The van der Waals surface area contributed by atoms with E-state index in [1.165, 1.54) is 0 Å². The number of pyridine rings is 7. The molecule has 0 fully saturated rings. The topological polar surface area (TPSA) is 307 Å². The van der Waals surface area contributed by atoms with Gasteiger partial charge < -0.3 is 57.1 Å². The Morgan fingerprint density at radius 2 is 0.611 bits per heavy atom. The summed E-state index contributed by atoms with van der Waals surface area (Å²) < 4.78 is 32.7. The van der Waals surface area contributed by atoms with Crippen LogP contribution in [-0.4, -0.2) is 102 Å². The molecule has 0 aliphatic heterocycles. The van der Waals surface area contributed by atoms with Gasteiger partial charge in [-0.25, -0.2) is 59.0 Å². The van der Waals surface area contributed by atoms with Crippen molar-refractivity contribution in [1.82, 2.24) is 57.6 Å². The lowest BCUT2D eigenvalue weighted by molar-refractivity contribution is 0.0688. The number of carboxylic acid groups (broad SMARTS) is 4. The van der Waals surface area contributed by atoms with Crippen molar-refractivity contribution in [3.05, 3.63) is 376 Å². The van der Waals surface area contributed by atoms with Crippen LogP contribution in [-0.2, 0) is 7.05 Å². The molecular weight excluding hydrogens is 1650 g/mol. The molecule has 24 nitrogen and oxygen atoms in total. The first kappa shape index (κ1) is 86.4. The third-order valence-corrected chi connectivity index (χ3v) is 23.4. The van der Waals surface area contributed by atoms with Crippen LogP contribution in [0.15, 0.2) is 298 Å². The molecule has 11 heterocycles. The molecule has 0 aliphatic carbocycles. The lowest BCUT2D eigenvalue weighted by Gasteiger charge is -2.18. The van der Waals surface area contributed by atoms with Crippen molar-refractivity contribution in [3.63, 3.8) is 0 Å². The SMILES string of the molecule is Cc1ccc(O[C@@H](C)c2ccccc2)c2c(C(=O)O)cc(-c3nc4ccccc4n3C)nc12.Cc1ccc(O[C@@H](C)c2ccccc2)c2c(C(=O)O)cc(-c3nc4ccccn4c3C)nc12.Cc1ccc(O[C@H](C)c2ccccc2)c2c(C(=O)O)cc(-c3cn4ccccc4n3)nc12.Cc1ccc(O[C@H](C)c2ccccc2)c2c(C(=O)O)cc(-c3nc4ccccn4c3C)nc12. The van der Waals surface area contributed by atoms with Crippen LogP contribution in [0.2, 0.25) is 0 Å². The first-order valence-corrected chi connectivity index (χ1v) is 42.6. The van der Waals surface area contributed by atoms with Crippen molar-refractivity contribution < 1.29 is 58.6 Å². The number of benzene rings is 9. The van der Waals surface area contributed by atoms with Crippen molar-refractivity contribution in [2.24, 2.45) is 7.05 Å². The Morgan fingerprint density at radius 1 is 0.305 bits per heavy atom. The van der Waals surface area contributed by atoms with Gasteiger partial charge in [0.05, 0.1) is 94.0 Å². The summed E-state index contributed by atoms with van der Waals surface area (Å²) in [6.07, 6.45) is 6.61. The normalized spacial score (nSPS) is 12.2. The number of aromatic nitrogens is 12. The van der Waals surface area contributed by atoms with E-state index in [2.05, 4.69) is 4.98 Å². The van der Waals surface area contributed by atoms with Crippen molar-refractivity contribution in [3.8, 4) is 68.7 Å². The van der Waals surface area contributed by atoms with Gasteiger partial charge in [0, 0.05) is 43.2 Å². The predicted octanol–water partition coefficient (Wildman–Crippen LogP) is 23.6. The zero-order valence-corrected chi connectivity index (χ0v) is 73.5. The number of aromatic carboxylic acids is 4. The Morgan fingerprint density at radius 3 is 0.954 bits per heavy atom. The Hall–Kier alpha value is -16.8. The largest absolute Gasteiger partial charge is 0.485 e. The second-order valence-electron chi connectivity index (χ2n) is 32.1. The van der Waals surface area contributed by atoms with Gasteiger partial charge in [-0.2, -0.15) is 0 Å². The summed E-state index contributed by atoms with van der Waals surface area (Å²) in [5.41, 5.74) is 20.4. The van der Waals surface area contributed by atoms with Gasteiger partial charge in [0.15, 0.2) is 5.82 Å². The number of imidazole rings is 4. The van der Waals surface area contributed by atoms with E-state index in [1.54, 1.807) is 24.3 Å². The summed E-state index contributed by atoms with van der Waals surface area (Å²) in [6, 6.07) is 85.6. The highest BCUT2D eigenvalue weighted by Gasteiger charge is 2.29. The number of hydrogen-bond acceptors (Lipinski definition) is 16. The monoisotopic (exact) mass is 1730 g/mol. The van der Waals surface area contributed by atoms with Crippen LogP contribution in [0.4, 0.5) is 0 Å². The quantitative estimate of drug-likeness (QED) is 0.0551. The van der Waals surface area contributed by atoms with Gasteiger partial charge in [0.25, 0.3) is 0 Å². The number of aryl methyl sites for hydroxylation is 7. The Balaban J connectivity index is 0.000000122. The third-order valence-electron chi connectivity index (χ3n) is 23.4. The van der Waals surface area contributed by atoms with E-state index in [9.17, 15) is 39.6 Å². The third kappa shape index (κ3) is 17.5. The summed E-state index contributed by atoms with van der Waals surface area (Å²) in [6.45, 7) is 19.4. The van der Waals surface area contributed by atoms with E-state index in [4.69, 9.17) is 53.8 Å². The maximum Gasteiger partial charge on any atom is 0.336 e. The molecule has 0 radical (unpaired) electrons. The minimum absolute atomic E-state index is 0.140. The average Bonchev–Trinajstić information content (AvgIpc) is 1.75. The molecule has 131 heavy (non-hydrogen) atoms. The Kier molecular flexibility index (Phi) is 24.2. The fraction of sp³-hybridized carbons (Fsp3) is 0.140. The highest BCUT2D eigenvalue weighted by atomic mass is 16.5. The number of para-hydroxylation sites is 2. The van der Waals surface area contributed by atoms with E-state index in [-0.39, 0.29) is 46.7 Å². The van der Waals surface area contributed by atoms with Gasteiger partial charge in [-0.05, 0) is 211 Å². The van der Waals surface area contributed by atoms with Crippen LogP contribution in [0.5, 0.6) is 23.0 Å². The lowest BCUT2D eigenvalue weighted by atomic mass is 10.0. The van der Waals surface area contributed by atoms with Crippen LogP contribution >= 0.6 is 0 Å². The summed E-state index contributed by atoms with van der Waals surface area (Å²) in [5.74, 6) is -1.55. The molecular formula is C107H90N12O12. The second-order valence-corrected chi connectivity index (χ2v) is 32.1. The predicted molar refractivity (Wildman–Crippen MR) is 507 cm³/mol. The molecule has 0 bridgehead atoms. The summed E-state index contributed by atoms with van der Waals surface area (Å²) in [4.78, 5) is 87.5. The smallest absolute Gasteiger partial charge is 0.336 e. The lowest BCUT2D eigenvalue weighted by Crippen LogP contribution is -2.07. The molecule has 24 heteroatoms. The zero-order chi connectivity index (χ0) is 91.6. The van der Waals surface area contributed by atoms with Crippen LogP contribution < -0.4 is 18.9 Å². The zero-order valence-electron chi connectivity index (χ0n) is 73.5. The van der Waals surface area contributed by atoms with E-state index >= 15 is 0 Å². The molecule has 0 saturated heterocycles. The minimum atomic E-state index is -1.04. The molecule has 20 rings (SSSR count). The number of rotatable bonds is 20. The Bertz CT molecular complexity index is 7230. The van der Waals surface area contributed by atoms with Crippen molar-refractivity contribution in [2.75, 3.05) is 0 Å². The summed E-state index contributed by atoms with van der Waals surface area (Å²) >= 11 is 0. The molecule has 9 aromatic carbocycles. The Labute approximate surface area is 752 Å². The van der Waals surface area contributed by atoms with Gasteiger partial charge in [-0.15, -0.1) is 0 Å². The van der Waals surface area contributed by atoms with Gasteiger partial charge in [-0.1, -0.05) is 176 Å². The molecule has 0 aliphatic rings. The highest BCUT2D eigenvalue weighted by Crippen LogP contribution is 2.43. The maximum atomic E-state index is 12.4. The highest BCUT2D eigenvalue weighted by molar-refractivity contribution is 6.11. The van der Waals surface area contributed by atoms with E-state index in [1.807, 2.05) is 368 Å². The summed E-state index contributed by atoms with van der Waals surface area (Å²) in [7, 11) is 1.91. The first-order valence-electron chi connectivity index (χ1n) is 42.6. The molecule has 11 aromatic heterocycles. The van der Waals surface area contributed by atoms with E-state index in [0.717, 1.165) is 83.9 Å². The van der Waals surface area contributed by atoms with Crippen LogP contribution in [0.3, 0.4) is 0 Å². The van der Waals surface area contributed by atoms with E-state index in [0.29, 0.717) is 112 Å². The fourth-order valence-corrected chi connectivity index (χ4v) is 16.4. The molecule has 4 atom stereocenters. The molecule has 0 unspecified atom stereocenters. The number of nitrogens with zero attached hydrogens (tertiary/aromatic N) is 12. The van der Waals surface area contributed by atoms with E-state index < -0.39 is 23.9 Å². The molecule has 0 amide bonds. The molecule has 4 N–H and O–H groups in total.